The zero-order chi connectivity index (χ0) is 23.4. The van der Waals surface area contributed by atoms with Crippen LogP contribution in [0.2, 0.25) is 0 Å². The van der Waals surface area contributed by atoms with Gasteiger partial charge in [-0.2, -0.15) is 0 Å². The molecule has 2 atom stereocenters. The Morgan fingerprint density at radius 2 is 1.39 bits per heavy atom. The summed E-state index contributed by atoms with van der Waals surface area (Å²) >= 11 is 0. The van der Waals surface area contributed by atoms with E-state index in [0.717, 1.165) is 25.7 Å². The normalized spacial score (nSPS) is 21.2. The maximum atomic E-state index is 12.8. The topological polar surface area (TPSA) is 111 Å². The Bertz CT molecular complexity index is 1010. The van der Waals surface area contributed by atoms with Crippen LogP contribution in [0.15, 0.2) is 18.2 Å². The molecule has 0 radical (unpaired) electrons. The van der Waals surface area contributed by atoms with Gasteiger partial charge in [-0.05, 0) is 70.6 Å². The number of benzene rings is 1. The molecular formula is C24H33N5O4. The molecule has 0 aliphatic carbocycles. The SMILES string of the molecule is CCOC(=O)C1CCCCN1c1nc2ccc(N)cc2nc1N1CCCCC1C(=O)OCC. The number of hydrogen-bond acceptors (Lipinski definition) is 9. The molecule has 2 aliphatic heterocycles. The lowest BCUT2D eigenvalue weighted by molar-refractivity contribution is -0.146. The lowest BCUT2D eigenvalue weighted by Crippen LogP contribution is -2.49. The number of esters is 2. The van der Waals surface area contributed by atoms with Crippen molar-refractivity contribution in [1.82, 2.24) is 9.97 Å². The van der Waals surface area contributed by atoms with Gasteiger partial charge in [0, 0.05) is 18.8 Å². The summed E-state index contributed by atoms with van der Waals surface area (Å²) in [5.74, 6) is 0.712. The number of carbonyl (C=O) groups is 2. The highest BCUT2D eigenvalue weighted by Gasteiger charge is 2.37. The van der Waals surface area contributed by atoms with Gasteiger partial charge in [-0.3, -0.25) is 0 Å². The summed E-state index contributed by atoms with van der Waals surface area (Å²) in [5, 5.41) is 0. The summed E-state index contributed by atoms with van der Waals surface area (Å²) in [5.41, 5.74) is 7.97. The number of piperidine rings is 2. The van der Waals surface area contributed by atoms with Crippen molar-refractivity contribution in [1.29, 1.82) is 0 Å². The van der Waals surface area contributed by atoms with E-state index in [1.165, 1.54) is 0 Å². The number of anilines is 3. The minimum atomic E-state index is -0.434. The number of rotatable bonds is 6. The second kappa shape index (κ2) is 10.2. The van der Waals surface area contributed by atoms with Crippen LogP contribution in [0.5, 0.6) is 0 Å². The highest BCUT2D eigenvalue weighted by atomic mass is 16.5. The third-order valence-corrected chi connectivity index (χ3v) is 6.32. The van der Waals surface area contributed by atoms with Crippen molar-refractivity contribution in [2.24, 2.45) is 0 Å². The molecule has 2 unspecified atom stereocenters. The van der Waals surface area contributed by atoms with Crippen LogP contribution < -0.4 is 15.5 Å². The maximum absolute atomic E-state index is 12.8. The van der Waals surface area contributed by atoms with Crippen LogP contribution >= 0.6 is 0 Å². The van der Waals surface area contributed by atoms with Crippen LogP contribution in [-0.2, 0) is 19.1 Å². The van der Waals surface area contributed by atoms with Crippen molar-refractivity contribution in [2.45, 2.75) is 64.5 Å². The summed E-state index contributed by atoms with van der Waals surface area (Å²) in [7, 11) is 0. The van der Waals surface area contributed by atoms with Gasteiger partial charge in [-0.25, -0.2) is 19.6 Å². The average Bonchev–Trinajstić information content (AvgIpc) is 2.83. The number of hydrogen-bond donors (Lipinski definition) is 1. The molecule has 4 rings (SSSR count). The van der Waals surface area contributed by atoms with Gasteiger partial charge >= 0.3 is 11.9 Å². The Kier molecular flexibility index (Phi) is 7.15. The Balaban J connectivity index is 1.84. The maximum Gasteiger partial charge on any atom is 0.328 e. The molecule has 3 heterocycles. The fourth-order valence-corrected chi connectivity index (χ4v) is 4.78. The number of nitrogen functional groups attached to an aromatic ring is 1. The molecule has 2 saturated heterocycles. The number of nitrogens with two attached hydrogens (primary N) is 1. The monoisotopic (exact) mass is 455 g/mol. The van der Waals surface area contributed by atoms with Crippen molar-refractivity contribution < 1.29 is 19.1 Å². The third kappa shape index (κ3) is 4.82. The summed E-state index contributed by atoms with van der Waals surface area (Å²) in [4.78, 5) is 39.6. The Morgan fingerprint density at radius 3 is 1.91 bits per heavy atom. The highest BCUT2D eigenvalue weighted by Crippen LogP contribution is 2.36. The summed E-state index contributed by atoms with van der Waals surface area (Å²) in [6, 6.07) is 4.56. The molecule has 9 nitrogen and oxygen atoms in total. The van der Waals surface area contributed by atoms with E-state index in [2.05, 4.69) is 0 Å². The Morgan fingerprint density at radius 1 is 0.879 bits per heavy atom. The van der Waals surface area contributed by atoms with Crippen molar-refractivity contribution in [2.75, 3.05) is 41.8 Å². The van der Waals surface area contributed by atoms with E-state index in [1.54, 1.807) is 12.1 Å². The van der Waals surface area contributed by atoms with E-state index in [9.17, 15) is 9.59 Å². The fourth-order valence-electron chi connectivity index (χ4n) is 4.78. The zero-order valence-electron chi connectivity index (χ0n) is 19.5. The molecule has 2 N–H and O–H groups in total. The molecule has 1 aromatic heterocycles. The van der Waals surface area contributed by atoms with E-state index < -0.39 is 12.1 Å². The van der Waals surface area contributed by atoms with Gasteiger partial charge in [0.25, 0.3) is 0 Å². The summed E-state index contributed by atoms with van der Waals surface area (Å²) < 4.78 is 10.8. The second-order valence-electron chi connectivity index (χ2n) is 8.53. The van der Waals surface area contributed by atoms with Gasteiger partial charge in [-0.15, -0.1) is 0 Å². The van der Waals surface area contributed by atoms with E-state index >= 15 is 0 Å². The predicted molar refractivity (Wildman–Crippen MR) is 127 cm³/mol. The molecule has 2 aliphatic rings. The molecule has 178 valence electrons. The van der Waals surface area contributed by atoms with Crippen LogP contribution in [0, 0.1) is 0 Å². The van der Waals surface area contributed by atoms with Gasteiger partial charge < -0.3 is 25.0 Å². The molecule has 0 amide bonds. The van der Waals surface area contributed by atoms with Crippen LogP contribution in [0.3, 0.4) is 0 Å². The van der Waals surface area contributed by atoms with Gasteiger partial charge in [0.05, 0.1) is 24.2 Å². The smallest absolute Gasteiger partial charge is 0.328 e. The third-order valence-electron chi connectivity index (χ3n) is 6.32. The first-order chi connectivity index (χ1) is 16.0. The number of fused-ring (bicyclic) bond motifs is 1. The van der Waals surface area contributed by atoms with Gasteiger partial charge in [0.1, 0.15) is 12.1 Å². The average molecular weight is 456 g/mol. The molecule has 0 bridgehead atoms. The van der Waals surface area contributed by atoms with Crippen LogP contribution in [0.1, 0.15) is 52.4 Å². The van der Waals surface area contributed by atoms with Crippen molar-refractivity contribution in [3.63, 3.8) is 0 Å². The minimum absolute atomic E-state index is 0.247. The number of carbonyl (C=O) groups excluding carboxylic acids is 2. The molecule has 33 heavy (non-hydrogen) atoms. The second-order valence-corrected chi connectivity index (χ2v) is 8.53. The highest BCUT2D eigenvalue weighted by molar-refractivity contribution is 5.88. The number of ether oxygens (including phenoxy) is 2. The molecule has 9 heteroatoms. The minimum Gasteiger partial charge on any atom is -0.464 e. The van der Waals surface area contributed by atoms with Crippen molar-refractivity contribution >= 4 is 40.3 Å². The number of nitrogens with zero attached hydrogens (tertiary/aromatic N) is 4. The Hall–Kier alpha value is -3.10. The molecule has 2 fully saturated rings. The summed E-state index contributed by atoms with van der Waals surface area (Å²) in [6.07, 6.45) is 5.16. The van der Waals surface area contributed by atoms with Gasteiger partial charge in [0.2, 0.25) is 0 Å². The van der Waals surface area contributed by atoms with E-state index in [4.69, 9.17) is 25.2 Å². The lowest BCUT2D eigenvalue weighted by Gasteiger charge is -2.40. The molecular weight excluding hydrogens is 422 g/mol. The van der Waals surface area contributed by atoms with E-state index in [0.29, 0.717) is 67.5 Å². The fraction of sp³-hybridized carbons (Fsp3) is 0.583. The van der Waals surface area contributed by atoms with Crippen LogP contribution in [0.4, 0.5) is 17.3 Å². The first-order valence-electron chi connectivity index (χ1n) is 12.0. The van der Waals surface area contributed by atoms with Gasteiger partial charge in [-0.1, -0.05) is 0 Å². The summed E-state index contributed by atoms with van der Waals surface area (Å²) in [6.45, 7) is 5.62. The standard InChI is InChI=1S/C24H33N5O4/c1-3-32-23(30)19-9-5-7-13-28(19)21-22(27-18-15-16(25)11-12-17(18)26-21)29-14-8-6-10-20(29)24(31)33-4-2/h11-12,15,19-20H,3-10,13-14,25H2,1-2H3. The first-order valence-corrected chi connectivity index (χ1v) is 12.0. The molecule has 2 aromatic rings. The lowest BCUT2D eigenvalue weighted by atomic mass is 10.0. The Labute approximate surface area is 194 Å². The number of aromatic nitrogens is 2. The van der Waals surface area contributed by atoms with Crippen molar-refractivity contribution in [3.05, 3.63) is 18.2 Å². The van der Waals surface area contributed by atoms with E-state index in [-0.39, 0.29) is 11.9 Å². The quantitative estimate of drug-likeness (QED) is 0.519. The van der Waals surface area contributed by atoms with Gasteiger partial charge in [0.15, 0.2) is 11.6 Å². The zero-order valence-corrected chi connectivity index (χ0v) is 19.5. The largest absolute Gasteiger partial charge is 0.464 e. The predicted octanol–water partition coefficient (Wildman–Crippen LogP) is 3.06. The molecule has 0 saturated carbocycles. The molecule has 1 aromatic carbocycles. The van der Waals surface area contributed by atoms with Crippen LogP contribution in [-0.4, -0.2) is 60.3 Å². The first kappa shape index (κ1) is 23.1. The molecule has 0 spiro atoms. The van der Waals surface area contributed by atoms with Crippen LogP contribution in [0.25, 0.3) is 11.0 Å². The van der Waals surface area contributed by atoms with E-state index in [1.807, 2.05) is 29.7 Å². The van der Waals surface area contributed by atoms with Crippen molar-refractivity contribution in [3.8, 4) is 0 Å².